The molecule has 2 aromatic rings. The number of ether oxygens (including phenoxy) is 2. The standard InChI is InChI=1S/C16H19NO2S/c1-3-13-5-6-14(20-13)9-17-11(2)12-4-7-15-16(8-12)19-10-18-15/h4-8,11,17H,3,9-10H2,1-2H3. The third kappa shape index (κ3) is 2.81. The number of fused-ring (bicyclic) bond motifs is 1. The maximum atomic E-state index is 5.42. The number of thiophene rings is 1. The van der Waals surface area contributed by atoms with Crippen LogP contribution in [0.5, 0.6) is 11.5 Å². The van der Waals surface area contributed by atoms with Gasteiger partial charge >= 0.3 is 0 Å². The molecular formula is C16H19NO2S. The van der Waals surface area contributed by atoms with Gasteiger partial charge < -0.3 is 14.8 Å². The van der Waals surface area contributed by atoms with E-state index in [1.165, 1.54) is 15.3 Å². The van der Waals surface area contributed by atoms with Crippen LogP contribution in [0.25, 0.3) is 0 Å². The van der Waals surface area contributed by atoms with E-state index in [1.54, 1.807) is 0 Å². The summed E-state index contributed by atoms with van der Waals surface area (Å²) >= 11 is 1.88. The average Bonchev–Trinajstić information content (AvgIpc) is 3.12. The Bertz CT molecular complexity index is 594. The quantitative estimate of drug-likeness (QED) is 0.906. The lowest BCUT2D eigenvalue weighted by atomic mass is 10.1. The second-order valence-electron chi connectivity index (χ2n) is 4.94. The minimum atomic E-state index is 0.289. The summed E-state index contributed by atoms with van der Waals surface area (Å²) in [5.74, 6) is 1.69. The van der Waals surface area contributed by atoms with E-state index in [0.29, 0.717) is 6.79 Å². The van der Waals surface area contributed by atoms with E-state index in [9.17, 15) is 0 Å². The molecule has 0 radical (unpaired) electrons. The Kier molecular flexibility index (Phi) is 3.94. The van der Waals surface area contributed by atoms with Crippen LogP contribution in [0.15, 0.2) is 30.3 Å². The molecule has 20 heavy (non-hydrogen) atoms. The van der Waals surface area contributed by atoms with Gasteiger partial charge in [-0.2, -0.15) is 0 Å². The molecule has 1 aromatic carbocycles. The second-order valence-corrected chi connectivity index (χ2v) is 6.19. The Labute approximate surface area is 123 Å². The summed E-state index contributed by atoms with van der Waals surface area (Å²) in [7, 11) is 0. The van der Waals surface area contributed by atoms with Gasteiger partial charge in [0.15, 0.2) is 11.5 Å². The molecule has 1 N–H and O–H groups in total. The van der Waals surface area contributed by atoms with Gasteiger partial charge in [-0.15, -0.1) is 11.3 Å². The van der Waals surface area contributed by atoms with Crippen molar-refractivity contribution in [3.63, 3.8) is 0 Å². The van der Waals surface area contributed by atoms with Gasteiger partial charge in [-0.25, -0.2) is 0 Å². The van der Waals surface area contributed by atoms with Crippen molar-refractivity contribution in [1.29, 1.82) is 0 Å². The van der Waals surface area contributed by atoms with Crippen LogP contribution in [-0.2, 0) is 13.0 Å². The van der Waals surface area contributed by atoms with Crippen molar-refractivity contribution in [2.45, 2.75) is 32.9 Å². The van der Waals surface area contributed by atoms with Gasteiger partial charge in [0.2, 0.25) is 6.79 Å². The molecule has 1 aromatic heterocycles. The lowest BCUT2D eigenvalue weighted by Crippen LogP contribution is -2.17. The Balaban J connectivity index is 1.62. The summed E-state index contributed by atoms with van der Waals surface area (Å²) in [6.45, 7) is 5.60. The summed E-state index contributed by atoms with van der Waals surface area (Å²) < 4.78 is 10.8. The maximum Gasteiger partial charge on any atom is 0.231 e. The molecule has 1 unspecified atom stereocenters. The summed E-state index contributed by atoms with van der Waals surface area (Å²) in [5.41, 5.74) is 1.22. The molecule has 3 rings (SSSR count). The van der Waals surface area contributed by atoms with Crippen molar-refractivity contribution >= 4 is 11.3 Å². The minimum Gasteiger partial charge on any atom is -0.454 e. The monoisotopic (exact) mass is 289 g/mol. The van der Waals surface area contributed by atoms with Crippen LogP contribution in [-0.4, -0.2) is 6.79 Å². The first kappa shape index (κ1) is 13.5. The molecule has 106 valence electrons. The lowest BCUT2D eigenvalue weighted by Gasteiger charge is -2.14. The normalized spacial score (nSPS) is 14.5. The zero-order chi connectivity index (χ0) is 13.9. The first-order valence-corrected chi connectivity index (χ1v) is 7.78. The number of hydrogen-bond acceptors (Lipinski definition) is 4. The highest BCUT2D eigenvalue weighted by atomic mass is 32.1. The van der Waals surface area contributed by atoms with Crippen molar-refractivity contribution in [2.75, 3.05) is 6.79 Å². The Morgan fingerprint density at radius 2 is 1.95 bits per heavy atom. The zero-order valence-electron chi connectivity index (χ0n) is 11.8. The van der Waals surface area contributed by atoms with E-state index in [1.807, 2.05) is 17.4 Å². The van der Waals surface area contributed by atoms with Gasteiger partial charge in [0.1, 0.15) is 0 Å². The number of benzene rings is 1. The van der Waals surface area contributed by atoms with Crippen LogP contribution < -0.4 is 14.8 Å². The van der Waals surface area contributed by atoms with Crippen LogP contribution >= 0.6 is 11.3 Å². The van der Waals surface area contributed by atoms with Crippen molar-refractivity contribution in [3.8, 4) is 11.5 Å². The molecule has 0 fully saturated rings. The van der Waals surface area contributed by atoms with E-state index < -0.39 is 0 Å². The van der Waals surface area contributed by atoms with Gasteiger partial charge in [-0.1, -0.05) is 13.0 Å². The third-order valence-electron chi connectivity index (χ3n) is 3.54. The summed E-state index contributed by atoms with van der Waals surface area (Å²) in [5, 5.41) is 3.56. The second kappa shape index (κ2) is 5.85. The summed E-state index contributed by atoms with van der Waals surface area (Å²) in [4.78, 5) is 2.83. The first-order valence-electron chi connectivity index (χ1n) is 6.97. The molecule has 0 spiro atoms. The van der Waals surface area contributed by atoms with Gasteiger partial charge in [0.25, 0.3) is 0 Å². The SMILES string of the molecule is CCc1ccc(CNC(C)c2ccc3c(c2)OCO3)s1. The fourth-order valence-electron chi connectivity index (χ4n) is 2.26. The molecular weight excluding hydrogens is 270 g/mol. The predicted molar refractivity (Wildman–Crippen MR) is 81.5 cm³/mol. The Hall–Kier alpha value is -1.52. The highest BCUT2D eigenvalue weighted by Crippen LogP contribution is 2.34. The Morgan fingerprint density at radius 1 is 1.15 bits per heavy atom. The minimum absolute atomic E-state index is 0.289. The summed E-state index contributed by atoms with van der Waals surface area (Å²) in [6.07, 6.45) is 1.11. The molecule has 0 aliphatic carbocycles. The number of hydrogen-bond donors (Lipinski definition) is 1. The largest absolute Gasteiger partial charge is 0.454 e. The topological polar surface area (TPSA) is 30.5 Å². The van der Waals surface area contributed by atoms with Gasteiger partial charge in [0.05, 0.1) is 0 Å². The van der Waals surface area contributed by atoms with Crippen LogP contribution in [0.1, 0.15) is 35.2 Å². The first-order chi connectivity index (χ1) is 9.76. The van der Waals surface area contributed by atoms with E-state index in [-0.39, 0.29) is 6.04 Å². The van der Waals surface area contributed by atoms with Crippen LogP contribution in [0.4, 0.5) is 0 Å². The highest BCUT2D eigenvalue weighted by Gasteiger charge is 2.15. The molecule has 0 saturated heterocycles. The van der Waals surface area contributed by atoms with E-state index in [4.69, 9.17) is 9.47 Å². The van der Waals surface area contributed by atoms with Crippen LogP contribution in [0.3, 0.4) is 0 Å². The third-order valence-corrected chi connectivity index (χ3v) is 4.77. The number of rotatable bonds is 5. The molecule has 2 heterocycles. The van der Waals surface area contributed by atoms with Crippen molar-refractivity contribution in [2.24, 2.45) is 0 Å². The molecule has 4 heteroatoms. The fourth-order valence-corrected chi connectivity index (χ4v) is 3.17. The average molecular weight is 289 g/mol. The number of aryl methyl sites for hydroxylation is 1. The van der Waals surface area contributed by atoms with Crippen molar-refractivity contribution in [1.82, 2.24) is 5.32 Å². The summed E-state index contributed by atoms with van der Waals surface area (Å²) in [6, 6.07) is 10.9. The molecule has 0 bridgehead atoms. The highest BCUT2D eigenvalue weighted by molar-refractivity contribution is 7.11. The smallest absolute Gasteiger partial charge is 0.231 e. The van der Waals surface area contributed by atoms with Gasteiger partial charge in [0, 0.05) is 22.3 Å². The van der Waals surface area contributed by atoms with Crippen molar-refractivity contribution < 1.29 is 9.47 Å². The molecule has 0 amide bonds. The number of nitrogens with one attached hydrogen (secondary N) is 1. The molecule has 1 aliphatic rings. The van der Waals surface area contributed by atoms with E-state index in [2.05, 4.69) is 43.4 Å². The van der Waals surface area contributed by atoms with Crippen LogP contribution in [0.2, 0.25) is 0 Å². The van der Waals surface area contributed by atoms with E-state index in [0.717, 1.165) is 24.5 Å². The van der Waals surface area contributed by atoms with Gasteiger partial charge in [-0.3, -0.25) is 0 Å². The molecule has 0 saturated carbocycles. The zero-order valence-corrected chi connectivity index (χ0v) is 12.6. The molecule has 1 atom stereocenters. The van der Waals surface area contributed by atoms with Crippen LogP contribution in [0, 0.1) is 0 Å². The predicted octanol–water partition coefficient (Wildman–Crippen LogP) is 3.89. The Morgan fingerprint density at radius 3 is 2.75 bits per heavy atom. The molecule has 1 aliphatic heterocycles. The van der Waals surface area contributed by atoms with Crippen molar-refractivity contribution in [3.05, 3.63) is 45.6 Å². The lowest BCUT2D eigenvalue weighted by molar-refractivity contribution is 0.174. The molecule has 3 nitrogen and oxygen atoms in total. The fraction of sp³-hybridized carbons (Fsp3) is 0.375. The van der Waals surface area contributed by atoms with E-state index >= 15 is 0 Å². The van der Waals surface area contributed by atoms with Gasteiger partial charge in [-0.05, 0) is 43.2 Å². The maximum absolute atomic E-state index is 5.42.